The van der Waals surface area contributed by atoms with E-state index in [9.17, 15) is 4.79 Å². The predicted molar refractivity (Wildman–Crippen MR) is 116 cm³/mol. The van der Waals surface area contributed by atoms with Gasteiger partial charge in [0.25, 0.3) is 0 Å². The molecule has 0 N–H and O–H groups in total. The van der Waals surface area contributed by atoms with Gasteiger partial charge in [-0.25, -0.2) is 4.79 Å². The molecule has 0 spiro atoms. The molecule has 0 aliphatic heterocycles. The molecule has 0 atom stereocenters. The van der Waals surface area contributed by atoms with Crippen molar-refractivity contribution in [3.8, 4) is 11.5 Å². The highest BCUT2D eigenvalue weighted by atomic mass is 16.7. The summed E-state index contributed by atoms with van der Waals surface area (Å²) in [7, 11) is 0. The second-order valence-corrected chi connectivity index (χ2v) is 7.11. The van der Waals surface area contributed by atoms with Crippen molar-refractivity contribution in [2.24, 2.45) is 0 Å². The minimum atomic E-state index is -0.665. The quantitative estimate of drug-likeness (QED) is 0.250. The summed E-state index contributed by atoms with van der Waals surface area (Å²) in [6.07, 6.45) is 7.72. The lowest BCUT2D eigenvalue weighted by Crippen LogP contribution is -2.16. The lowest BCUT2D eigenvalue weighted by atomic mass is 9.95. The molecule has 2 aromatic rings. The fourth-order valence-corrected chi connectivity index (χ4v) is 3.73. The predicted octanol–water partition coefficient (Wildman–Crippen LogP) is 7.07. The zero-order valence-corrected chi connectivity index (χ0v) is 17.8. The number of unbranched alkanes of at least 4 members (excludes halogenated alkanes) is 3. The van der Waals surface area contributed by atoms with Crippen molar-refractivity contribution in [1.82, 2.24) is 0 Å². The lowest BCUT2D eigenvalue weighted by molar-refractivity contribution is 0.151. The van der Waals surface area contributed by atoms with E-state index < -0.39 is 6.16 Å². The van der Waals surface area contributed by atoms with Crippen LogP contribution in [0.1, 0.15) is 75.6 Å². The smallest absolute Gasteiger partial charge is 0.394 e. The summed E-state index contributed by atoms with van der Waals surface area (Å²) in [6.45, 7) is 8.59. The van der Waals surface area contributed by atoms with E-state index in [1.807, 2.05) is 30.3 Å². The van der Waals surface area contributed by atoms with Gasteiger partial charge in [0.1, 0.15) is 11.5 Å². The van der Waals surface area contributed by atoms with Gasteiger partial charge in [0.2, 0.25) is 0 Å². The number of ether oxygens (including phenoxy) is 2. The van der Waals surface area contributed by atoms with Crippen LogP contribution >= 0.6 is 0 Å². The molecule has 3 nitrogen and oxygen atoms in total. The van der Waals surface area contributed by atoms with Crippen molar-refractivity contribution in [3.63, 3.8) is 0 Å². The van der Waals surface area contributed by atoms with Gasteiger partial charge in [0.15, 0.2) is 0 Å². The van der Waals surface area contributed by atoms with Gasteiger partial charge in [0, 0.05) is 0 Å². The Balaban J connectivity index is 2.11. The highest BCUT2D eigenvalue weighted by Crippen LogP contribution is 2.28. The van der Waals surface area contributed by atoms with E-state index in [1.54, 1.807) is 0 Å². The zero-order valence-electron chi connectivity index (χ0n) is 17.8. The molecule has 0 aliphatic carbocycles. The Hall–Kier alpha value is -2.29. The maximum absolute atomic E-state index is 12.5. The second kappa shape index (κ2) is 11.5. The van der Waals surface area contributed by atoms with Gasteiger partial charge in [0.05, 0.1) is 0 Å². The number of carbonyl (C=O) groups excluding carboxylic acids is 1. The topological polar surface area (TPSA) is 35.5 Å². The summed E-state index contributed by atoms with van der Waals surface area (Å²) in [5, 5.41) is 0. The van der Waals surface area contributed by atoms with E-state index in [4.69, 9.17) is 9.47 Å². The maximum Gasteiger partial charge on any atom is 0.519 e. The van der Waals surface area contributed by atoms with E-state index in [1.165, 1.54) is 30.4 Å². The first-order chi connectivity index (χ1) is 13.6. The Morgan fingerprint density at radius 2 is 1.43 bits per heavy atom. The molecule has 2 rings (SSSR count). The Bertz CT molecular complexity index is 764. The van der Waals surface area contributed by atoms with Crippen LogP contribution in [0.15, 0.2) is 36.4 Å². The first-order valence-corrected chi connectivity index (χ1v) is 10.8. The number of hydrogen-bond acceptors (Lipinski definition) is 3. The fourth-order valence-electron chi connectivity index (χ4n) is 3.73. The zero-order chi connectivity index (χ0) is 20.4. The Morgan fingerprint density at radius 1 is 0.714 bits per heavy atom. The van der Waals surface area contributed by atoms with Crippen LogP contribution in [0.4, 0.5) is 4.79 Å². The molecule has 0 fully saturated rings. The summed E-state index contributed by atoms with van der Waals surface area (Å²) in [5.41, 5.74) is 4.76. The first kappa shape index (κ1) is 22.0. The molecular weight excluding hydrogens is 348 g/mol. The highest BCUT2D eigenvalue weighted by molar-refractivity contribution is 5.68. The summed E-state index contributed by atoms with van der Waals surface area (Å²) >= 11 is 0. The van der Waals surface area contributed by atoms with Gasteiger partial charge >= 0.3 is 6.16 Å². The van der Waals surface area contributed by atoms with Crippen LogP contribution in [0.5, 0.6) is 11.5 Å². The number of rotatable bonds is 10. The Labute approximate surface area is 170 Å². The summed E-state index contributed by atoms with van der Waals surface area (Å²) in [4.78, 5) is 12.5. The first-order valence-electron chi connectivity index (χ1n) is 10.8. The van der Waals surface area contributed by atoms with E-state index in [2.05, 4.69) is 33.8 Å². The standard InChI is InChI=1S/C25H34O3/c1-5-9-10-11-14-20-15-12-13-16-23(20)27-25(26)28-24-18-17-19(6-2)21(7-3)22(24)8-4/h12-13,15-18H,5-11,14H2,1-4H3. The molecule has 0 bridgehead atoms. The SMILES string of the molecule is CCCCCCc1ccccc1OC(=O)Oc1ccc(CC)c(CC)c1CC. The molecule has 0 amide bonds. The van der Waals surface area contributed by atoms with Crippen LogP contribution in [-0.4, -0.2) is 6.16 Å². The fraction of sp³-hybridized carbons (Fsp3) is 0.480. The maximum atomic E-state index is 12.5. The molecule has 0 saturated carbocycles. The van der Waals surface area contributed by atoms with E-state index in [-0.39, 0.29) is 0 Å². The molecule has 0 saturated heterocycles. The van der Waals surface area contributed by atoms with Gasteiger partial charge in [-0.05, 0) is 66.5 Å². The van der Waals surface area contributed by atoms with Crippen molar-refractivity contribution in [3.05, 3.63) is 58.7 Å². The van der Waals surface area contributed by atoms with E-state index in [0.717, 1.165) is 43.2 Å². The van der Waals surface area contributed by atoms with Gasteiger partial charge in [-0.3, -0.25) is 0 Å². The van der Waals surface area contributed by atoms with Crippen LogP contribution in [0.3, 0.4) is 0 Å². The van der Waals surface area contributed by atoms with Crippen LogP contribution < -0.4 is 9.47 Å². The van der Waals surface area contributed by atoms with Gasteiger partial charge in [-0.15, -0.1) is 0 Å². The second-order valence-electron chi connectivity index (χ2n) is 7.11. The average Bonchev–Trinajstić information content (AvgIpc) is 2.71. The number of para-hydroxylation sites is 1. The molecule has 28 heavy (non-hydrogen) atoms. The highest BCUT2D eigenvalue weighted by Gasteiger charge is 2.16. The number of hydrogen-bond donors (Lipinski definition) is 0. The molecule has 0 radical (unpaired) electrons. The molecular formula is C25H34O3. The normalized spacial score (nSPS) is 10.7. The average molecular weight is 383 g/mol. The minimum absolute atomic E-state index is 0.600. The Kier molecular flexibility index (Phi) is 9.06. The number of aryl methyl sites for hydroxylation is 2. The Morgan fingerprint density at radius 3 is 2.11 bits per heavy atom. The molecule has 0 unspecified atom stereocenters. The molecule has 0 aliphatic rings. The third-order valence-electron chi connectivity index (χ3n) is 5.23. The lowest BCUT2D eigenvalue weighted by Gasteiger charge is -2.16. The van der Waals surface area contributed by atoms with E-state index >= 15 is 0 Å². The van der Waals surface area contributed by atoms with Crippen LogP contribution in [0, 0.1) is 0 Å². The third kappa shape index (κ3) is 5.85. The van der Waals surface area contributed by atoms with Crippen molar-refractivity contribution in [2.45, 2.75) is 79.1 Å². The largest absolute Gasteiger partial charge is 0.519 e. The summed E-state index contributed by atoms with van der Waals surface area (Å²) in [6, 6.07) is 11.7. The summed E-state index contributed by atoms with van der Waals surface area (Å²) < 4.78 is 11.2. The minimum Gasteiger partial charge on any atom is -0.394 e. The van der Waals surface area contributed by atoms with Crippen molar-refractivity contribution < 1.29 is 14.3 Å². The molecule has 0 aromatic heterocycles. The molecule has 3 heteroatoms. The van der Waals surface area contributed by atoms with Gasteiger partial charge in [-0.1, -0.05) is 71.2 Å². The number of benzene rings is 2. The number of carbonyl (C=O) groups is 1. The molecule has 0 heterocycles. The van der Waals surface area contributed by atoms with Gasteiger partial charge < -0.3 is 9.47 Å². The summed E-state index contributed by atoms with van der Waals surface area (Å²) in [5.74, 6) is 1.21. The van der Waals surface area contributed by atoms with Crippen molar-refractivity contribution in [2.75, 3.05) is 0 Å². The van der Waals surface area contributed by atoms with Crippen molar-refractivity contribution in [1.29, 1.82) is 0 Å². The van der Waals surface area contributed by atoms with Crippen molar-refractivity contribution >= 4 is 6.16 Å². The third-order valence-corrected chi connectivity index (χ3v) is 5.23. The van der Waals surface area contributed by atoms with E-state index in [0.29, 0.717) is 11.5 Å². The van der Waals surface area contributed by atoms with Crippen LogP contribution in [0.2, 0.25) is 0 Å². The molecule has 152 valence electrons. The molecule has 2 aromatic carbocycles. The monoisotopic (exact) mass is 382 g/mol. The van der Waals surface area contributed by atoms with Crippen LogP contribution in [0.25, 0.3) is 0 Å². The van der Waals surface area contributed by atoms with Crippen LogP contribution in [-0.2, 0) is 25.7 Å². The van der Waals surface area contributed by atoms with Gasteiger partial charge in [-0.2, -0.15) is 0 Å².